The van der Waals surface area contributed by atoms with Crippen LogP contribution in [0, 0.1) is 12.3 Å². The molecule has 5 heteroatoms. The lowest BCUT2D eigenvalue weighted by Gasteiger charge is -2.02. The van der Waals surface area contributed by atoms with E-state index in [1.807, 2.05) is 6.08 Å². The van der Waals surface area contributed by atoms with Crippen molar-refractivity contribution in [3.8, 4) is 23.8 Å². The Morgan fingerprint density at radius 2 is 2.23 bits per heavy atom. The van der Waals surface area contributed by atoms with Gasteiger partial charge >= 0.3 is 0 Å². The molecule has 1 saturated heterocycles. The monoisotopic (exact) mass is 317 g/mol. The highest BCUT2D eigenvalue weighted by molar-refractivity contribution is 8.00. The predicted octanol–water partition coefficient (Wildman–Crippen LogP) is 2.69. The zero-order valence-corrected chi connectivity index (χ0v) is 13.1. The number of benzene rings is 1. The van der Waals surface area contributed by atoms with Gasteiger partial charge in [0.15, 0.2) is 17.3 Å². The number of phenols is 2. The molecular weight excluding hydrogens is 298 g/mol. The van der Waals surface area contributed by atoms with Gasteiger partial charge in [0.25, 0.3) is 0 Å². The minimum Gasteiger partial charge on any atom is -0.504 e. The van der Waals surface area contributed by atoms with Crippen LogP contribution in [-0.2, 0) is 0 Å². The summed E-state index contributed by atoms with van der Waals surface area (Å²) in [6, 6.07) is 4.39. The van der Waals surface area contributed by atoms with Gasteiger partial charge in [0.2, 0.25) is 0 Å². The van der Waals surface area contributed by atoms with Crippen LogP contribution in [-0.4, -0.2) is 33.2 Å². The number of carbonyl (C=O) groups excluding carboxylic acids is 1. The maximum Gasteiger partial charge on any atom is 0.159 e. The summed E-state index contributed by atoms with van der Waals surface area (Å²) in [5.41, 5.74) is 0.389. The number of nitrogens with one attached hydrogen (secondary N) is 1. The molecule has 3 N–H and O–H groups in total. The summed E-state index contributed by atoms with van der Waals surface area (Å²) in [6.45, 7) is 4.99. The van der Waals surface area contributed by atoms with Gasteiger partial charge in [-0.3, -0.25) is 10.1 Å². The number of allylic oxidation sites excluding steroid dienone is 2. The molecule has 22 heavy (non-hydrogen) atoms. The van der Waals surface area contributed by atoms with Crippen LogP contribution >= 0.6 is 11.8 Å². The third-order valence-electron chi connectivity index (χ3n) is 2.82. The SMILES string of the molecule is C#CC1NC(/C=C/C=C)CS1.CC(=O)c1ccc(O)c(O)c1. The quantitative estimate of drug-likeness (QED) is 0.346. The highest BCUT2D eigenvalue weighted by atomic mass is 32.2. The summed E-state index contributed by atoms with van der Waals surface area (Å²) in [6.07, 6.45) is 11.0. The number of hydrogen-bond donors (Lipinski definition) is 3. The van der Waals surface area contributed by atoms with Crippen molar-refractivity contribution in [2.45, 2.75) is 18.3 Å². The fraction of sp³-hybridized carbons (Fsp3) is 0.235. The number of aromatic hydroxyl groups is 2. The van der Waals surface area contributed by atoms with Crippen LogP contribution in [0.25, 0.3) is 0 Å². The average molecular weight is 317 g/mol. The molecule has 2 rings (SSSR count). The van der Waals surface area contributed by atoms with E-state index in [1.165, 1.54) is 25.1 Å². The molecule has 1 aromatic carbocycles. The van der Waals surface area contributed by atoms with Crippen LogP contribution in [0.3, 0.4) is 0 Å². The Hall–Kier alpha value is -2.16. The molecule has 0 spiro atoms. The van der Waals surface area contributed by atoms with Gasteiger partial charge in [0.05, 0.1) is 0 Å². The number of rotatable bonds is 3. The summed E-state index contributed by atoms with van der Waals surface area (Å²) in [4.78, 5) is 10.7. The average Bonchev–Trinajstić information content (AvgIpc) is 2.96. The number of terminal acetylenes is 1. The summed E-state index contributed by atoms with van der Waals surface area (Å²) in [5, 5.41) is 21.3. The molecular formula is C17H19NO3S. The van der Waals surface area contributed by atoms with E-state index in [2.05, 4.69) is 23.9 Å². The van der Waals surface area contributed by atoms with E-state index < -0.39 is 0 Å². The van der Waals surface area contributed by atoms with Gasteiger partial charge in [0.1, 0.15) is 5.37 Å². The van der Waals surface area contributed by atoms with Crippen molar-refractivity contribution in [3.05, 3.63) is 48.6 Å². The lowest BCUT2D eigenvalue weighted by atomic mass is 10.1. The van der Waals surface area contributed by atoms with E-state index in [-0.39, 0.29) is 22.7 Å². The molecule has 2 atom stereocenters. The molecule has 0 aromatic heterocycles. The van der Waals surface area contributed by atoms with E-state index in [0.717, 1.165) is 5.75 Å². The third kappa shape index (κ3) is 5.68. The Bertz CT molecular complexity index is 604. The van der Waals surface area contributed by atoms with E-state index in [0.29, 0.717) is 11.6 Å². The van der Waals surface area contributed by atoms with Crippen molar-refractivity contribution in [2.75, 3.05) is 5.75 Å². The number of carbonyl (C=O) groups is 1. The largest absolute Gasteiger partial charge is 0.504 e. The predicted molar refractivity (Wildman–Crippen MR) is 91.1 cm³/mol. The summed E-state index contributed by atoms with van der Waals surface area (Å²) in [7, 11) is 0. The zero-order chi connectivity index (χ0) is 16.5. The Balaban J connectivity index is 0.000000220. The first kappa shape index (κ1) is 17.9. The van der Waals surface area contributed by atoms with Crippen LogP contribution < -0.4 is 5.32 Å². The molecule has 2 unspecified atom stereocenters. The van der Waals surface area contributed by atoms with E-state index in [4.69, 9.17) is 16.6 Å². The zero-order valence-electron chi connectivity index (χ0n) is 12.3. The van der Waals surface area contributed by atoms with Crippen LogP contribution in [0.1, 0.15) is 17.3 Å². The number of thioether (sulfide) groups is 1. The second-order valence-corrected chi connectivity index (χ2v) is 5.67. The molecule has 1 fully saturated rings. The van der Waals surface area contributed by atoms with Crippen LogP contribution in [0.15, 0.2) is 43.0 Å². The fourth-order valence-electron chi connectivity index (χ4n) is 1.65. The second kappa shape index (κ2) is 8.98. The Morgan fingerprint density at radius 3 is 2.73 bits per heavy atom. The number of phenolic OH excluding ortho intramolecular Hbond substituents is 2. The van der Waals surface area contributed by atoms with Crippen molar-refractivity contribution in [1.29, 1.82) is 0 Å². The smallest absolute Gasteiger partial charge is 0.159 e. The molecule has 0 radical (unpaired) electrons. The van der Waals surface area contributed by atoms with Gasteiger partial charge in [-0.1, -0.05) is 30.7 Å². The first-order valence-electron chi connectivity index (χ1n) is 6.63. The third-order valence-corrected chi connectivity index (χ3v) is 3.98. The van der Waals surface area contributed by atoms with Gasteiger partial charge in [-0.25, -0.2) is 0 Å². The molecule has 0 aliphatic carbocycles. The van der Waals surface area contributed by atoms with Crippen molar-refractivity contribution in [1.82, 2.24) is 5.32 Å². The van der Waals surface area contributed by atoms with Crippen molar-refractivity contribution in [2.24, 2.45) is 0 Å². The van der Waals surface area contributed by atoms with Crippen LogP contribution in [0.4, 0.5) is 0 Å². The molecule has 1 aliphatic rings. The second-order valence-electron chi connectivity index (χ2n) is 4.53. The summed E-state index contributed by atoms with van der Waals surface area (Å²) in [5.74, 6) is 3.10. The summed E-state index contributed by atoms with van der Waals surface area (Å²) < 4.78 is 0. The Kier molecular flexibility index (Phi) is 7.30. The number of ketones is 1. The van der Waals surface area contributed by atoms with Gasteiger partial charge in [-0.2, -0.15) is 0 Å². The Morgan fingerprint density at radius 1 is 1.50 bits per heavy atom. The molecule has 0 saturated carbocycles. The van der Waals surface area contributed by atoms with Gasteiger partial charge in [0, 0.05) is 17.4 Å². The standard InChI is InChI=1S/C9H11NS.C8H8O3/c1-3-5-6-8-7-11-9(4-2)10-8;1-5(9)6-2-3-7(10)8(11)4-6/h2-3,5-6,8-10H,1,7H2;2-4,10-11H,1H3/b6-5+;. The molecule has 0 amide bonds. The van der Waals surface area contributed by atoms with E-state index in [1.54, 1.807) is 17.8 Å². The molecule has 1 aromatic rings. The molecule has 0 bridgehead atoms. The number of hydrogen-bond acceptors (Lipinski definition) is 5. The fourth-order valence-corrected chi connectivity index (χ4v) is 2.63. The molecule has 116 valence electrons. The first-order chi connectivity index (χ1) is 10.5. The maximum absolute atomic E-state index is 10.7. The van der Waals surface area contributed by atoms with Crippen LogP contribution in [0.2, 0.25) is 0 Å². The first-order valence-corrected chi connectivity index (χ1v) is 7.68. The molecule has 4 nitrogen and oxygen atoms in total. The molecule has 1 aliphatic heterocycles. The van der Waals surface area contributed by atoms with E-state index >= 15 is 0 Å². The maximum atomic E-state index is 10.7. The normalized spacial score (nSPS) is 20.0. The van der Waals surface area contributed by atoms with Crippen molar-refractivity contribution >= 4 is 17.5 Å². The van der Waals surface area contributed by atoms with Crippen molar-refractivity contribution < 1.29 is 15.0 Å². The lowest BCUT2D eigenvalue weighted by Crippen LogP contribution is -2.26. The number of Topliss-reactive ketones (excluding diaryl/α,β-unsaturated/α-hetero) is 1. The molecule has 1 heterocycles. The lowest BCUT2D eigenvalue weighted by molar-refractivity contribution is 0.101. The van der Waals surface area contributed by atoms with Gasteiger partial charge < -0.3 is 10.2 Å². The minimum atomic E-state index is -0.266. The van der Waals surface area contributed by atoms with Crippen molar-refractivity contribution in [3.63, 3.8) is 0 Å². The van der Waals surface area contributed by atoms with Crippen LogP contribution in [0.5, 0.6) is 11.5 Å². The Labute approximate surface area is 134 Å². The highest BCUT2D eigenvalue weighted by Crippen LogP contribution is 2.24. The van der Waals surface area contributed by atoms with Gasteiger partial charge in [-0.15, -0.1) is 18.2 Å². The highest BCUT2D eigenvalue weighted by Gasteiger charge is 2.19. The van der Waals surface area contributed by atoms with E-state index in [9.17, 15) is 4.79 Å². The minimum absolute atomic E-state index is 0.139. The summed E-state index contributed by atoms with van der Waals surface area (Å²) >= 11 is 1.77. The van der Waals surface area contributed by atoms with Gasteiger partial charge in [-0.05, 0) is 25.1 Å². The topological polar surface area (TPSA) is 69.6 Å².